The second-order valence-corrected chi connectivity index (χ2v) is 8.12. The molecule has 7 heteroatoms. The Labute approximate surface area is 171 Å². The molecule has 2 aliphatic rings. The highest BCUT2D eigenvalue weighted by Gasteiger charge is 2.41. The van der Waals surface area contributed by atoms with Gasteiger partial charge in [0, 0.05) is 6.54 Å². The number of aliphatic carboxylic acids is 1. The SMILES string of the molecule is CN[C@@H](C)C(=O)N[C@H](C(=O)N1CCc2ccccc2[C@H]1C(=O)O)C1CCCCC1. The lowest BCUT2D eigenvalue weighted by Crippen LogP contribution is -2.57. The quantitative estimate of drug-likeness (QED) is 0.676. The topological polar surface area (TPSA) is 98.7 Å². The molecule has 0 bridgehead atoms. The van der Waals surface area contributed by atoms with Crippen LogP contribution >= 0.6 is 0 Å². The highest BCUT2D eigenvalue weighted by atomic mass is 16.4. The molecule has 3 rings (SSSR count). The van der Waals surface area contributed by atoms with Gasteiger partial charge < -0.3 is 20.6 Å². The second kappa shape index (κ2) is 9.39. The summed E-state index contributed by atoms with van der Waals surface area (Å²) in [5.41, 5.74) is 1.63. The van der Waals surface area contributed by atoms with Crippen molar-refractivity contribution < 1.29 is 19.5 Å². The molecule has 1 heterocycles. The van der Waals surface area contributed by atoms with Crippen molar-refractivity contribution in [1.82, 2.24) is 15.5 Å². The average Bonchev–Trinajstić information content (AvgIpc) is 2.75. The molecule has 7 nitrogen and oxygen atoms in total. The lowest BCUT2D eigenvalue weighted by atomic mass is 9.82. The summed E-state index contributed by atoms with van der Waals surface area (Å²) in [6.45, 7) is 2.09. The summed E-state index contributed by atoms with van der Waals surface area (Å²) in [7, 11) is 1.70. The van der Waals surface area contributed by atoms with Gasteiger partial charge in [0.1, 0.15) is 6.04 Å². The number of fused-ring (bicyclic) bond motifs is 1. The van der Waals surface area contributed by atoms with E-state index in [2.05, 4.69) is 10.6 Å². The number of nitrogens with one attached hydrogen (secondary N) is 2. The molecular formula is C22H31N3O4. The summed E-state index contributed by atoms with van der Waals surface area (Å²) in [5.74, 6) is -1.52. The molecule has 1 fully saturated rings. The van der Waals surface area contributed by atoms with Crippen molar-refractivity contribution >= 4 is 17.8 Å². The van der Waals surface area contributed by atoms with Gasteiger partial charge in [-0.05, 0) is 50.3 Å². The van der Waals surface area contributed by atoms with E-state index in [1.54, 1.807) is 26.1 Å². The second-order valence-electron chi connectivity index (χ2n) is 8.12. The van der Waals surface area contributed by atoms with E-state index in [9.17, 15) is 19.5 Å². The Hall–Kier alpha value is -2.41. The van der Waals surface area contributed by atoms with Gasteiger partial charge in [-0.15, -0.1) is 0 Å². The van der Waals surface area contributed by atoms with E-state index in [1.807, 2.05) is 12.1 Å². The largest absolute Gasteiger partial charge is 0.479 e. The van der Waals surface area contributed by atoms with Gasteiger partial charge in [0.2, 0.25) is 11.8 Å². The summed E-state index contributed by atoms with van der Waals surface area (Å²) >= 11 is 0. The van der Waals surface area contributed by atoms with Crippen LogP contribution in [0, 0.1) is 5.92 Å². The third-order valence-electron chi connectivity index (χ3n) is 6.31. The lowest BCUT2D eigenvalue weighted by Gasteiger charge is -2.39. The summed E-state index contributed by atoms with van der Waals surface area (Å²) in [6, 6.07) is 5.26. The van der Waals surface area contributed by atoms with E-state index in [0.717, 1.165) is 37.7 Å². The first kappa shape index (κ1) is 21.3. The number of hydrogen-bond acceptors (Lipinski definition) is 4. The molecule has 2 amide bonds. The minimum absolute atomic E-state index is 0.0378. The zero-order chi connectivity index (χ0) is 21.0. The molecule has 3 atom stereocenters. The highest BCUT2D eigenvalue weighted by Crippen LogP contribution is 2.33. The van der Waals surface area contributed by atoms with Gasteiger partial charge in [-0.2, -0.15) is 0 Å². The maximum Gasteiger partial charge on any atom is 0.331 e. The Balaban J connectivity index is 1.89. The minimum Gasteiger partial charge on any atom is -0.479 e. The molecule has 1 aliphatic heterocycles. The van der Waals surface area contributed by atoms with Crippen molar-refractivity contribution in [2.24, 2.45) is 5.92 Å². The number of carboxylic acid groups (broad SMARTS) is 1. The zero-order valence-electron chi connectivity index (χ0n) is 17.2. The molecule has 3 N–H and O–H groups in total. The molecule has 0 aromatic heterocycles. The van der Waals surface area contributed by atoms with E-state index < -0.39 is 24.1 Å². The highest BCUT2D eigenvalue weighted by molar-refractivity contribution is 5.92. The third kappa shape index (κ3) is 4.61. The van der Waals surface area contributed by atoms with Crippen LogP contribution in [0.2, 0.25) is 0 Å². The van der Waals surface area contributed by atoms with Crippen molar-refractivity contribution in [3.8, 4) is 0 Å². The van der Waals surface area contributed by atoms with Crippen LogP contribution in [0.5, 0.6) is 0 Å². The maximum absolute atomic E-state index is 13.6. The maximum atomic E-state index is 13.6. The third-order valence-corrected chi connectivity index (χ3v) is 6.31. The standard InChI is InChI=1S/C22H31N3O4/c1-14(23-2)20(26)24-18(16-9-4-3-5-10-16)21(27)25-13-12-15-8-6-7-11-17(15)19(25)22(28)29/h6-8,11,14,16,18-19,23H,3-5,9-10,12-13H2,1-2H3,(H,24,26)(H,28,29)/t14-,18-,19-/m0/s1. The zero-order valence-corrected chi connectivity index (χ0v) is 17.2. The van der Waals surface area contributed by atoms with Gasteiger partial charge in [-0.1, -0.05) is 43.5 Å². The van der Waals surface area contributed by atoms with Crippen LogP contribution in [-0.2, 0) is 20.8 Å². The molecule has 29 heavy (non-hydrogen) atoms. The normalized spacial score (nSPS) is 21.7. The van der Waals surface area contributed by atoms with Crippen molar-refractivity contribution in [1.29, 1.82) is 0 Å². The van der Waals surface area contributed by atoms with E-state index >= 15 is 0 Å². The number of benzene rings is 1. The van der Waals surface area contributed by atoms with Gasteiger partial charge >= 0.3 is 5.97 Å². The van der Waals surface area contributed by atoms with Crippen LogP contribution in [-0.4, -0.2) is 53.5 Å². The molecule has 0 saturated heterocycles. The fourth-order valence-electron chi connectivity index (χ4n) is 4.51. The summed E-state index contributed by atoms with van der Waals surface area (Å²) in [6.07, 6.45) is 5.53. The number of nitrogens with zero attached hydrogens (tertiary/aromatic N) is 1. The molecule has 1 saturated carbocycles. The van der Waals surface area contributed by atoms with Gasteiger partial charge in [-0.25, -0.2) is 4.79 Å². The van der Waals surface area contributed by atoms with E-state index in [1.165, 1.54) is 4.90 Å². The summed E-state index contributed by atoms with van der Waals surface area (Å²) in [4.78, 5) is 39.7. The lowest BCUT2D eigenvalue weighted by molar-refractivity contribution is -0.153. The molecule has 158 valence electrons. The first-order valence-electron chi connectivity index (χ1n) is 10.5. The van der Waals surface area contributed by atoms with Crippen LogP contribution in [0.25, 0.3) is 0 Å². The molecule has 0 unspecified atom stereocenters. The van der Waals surface area contributed by atoms with Crippen molar-refractivity contribution in [3.05, 3.63) is 35.4 Å². The summed E-state index contributed by atoms with van der Waals surface area (Å²) < 4.78 is 0. The van der Waals surface area contributed by atoms with Gasteiger partial charge in [0.25, 0.3) is 0 Å². The predicted octanol–water partition coefficient (Wildman–Crippen LogP) is 1.87. The van der Waals surface area contributed by atoms with Crippen molar-refractivity contribution in [2.75, 3.05) is 13.6 Å². The van der Waals surface area contributed by atoms with Gasteiger partial charge in [0.05, 0.1) is 6.04 Å². The number of likely N-dealkylation sites (N-methyl/N-ethyl adjacent to an activating group) is 1. The van der Waals surface area contributed by atoms with Gasteiger partial charge in [-0.3, -0.25) is 9.59 Å². The Bertz CT molecular complexity index is 760. The van der Waals surface area contributed by atoms with E-state index in [4.69, 9.17) is 0 Å². The van der Waals surface area contributed by atoms with Crippen LogP contribution in [0.15, 0.2) is 24.3 Å². The van der Waals surface area contributed by atoms with Crippen molar-refractivity contribution in [3.63, 3.8) is 0 Å². The van der Waals surface area contributed by atoms with Crippen LogP contribution < -0.4 is 10.6 Å². The number of hydrogen-bond donors (Lipinski definition) is 3. The predicted molar refractivity (Wildman–Crippen MR) is 109 cm³/mol. The van der Waals surface area contributed by atoms with Crippen LogP contribution in [0.3, 0.4) is 0 Å². The van der Waals surface area contributed by atoms with Crippen LogP contribution in [0.1, 0.15) is 56.2 Å². The number of carboxylic acids is 1. The van der Waals surface area contributed by atoms with Crippen molar-refractivity contribution in [2.45, 2.75) is 63.6 Å². The van der Waals surface area contributed by atoms with E-state index in [-0.39, 0.29) is 17.7 Å². The average molecular weight is 402 g/mol. The molecule has 1 aromatic carbocycles. The Morgan fingerprint density at radius 3 is 2.48 bits per heavy atom. The van der Waals surface area contributed by atoms with Crippen LogP contribution in [0.4, 0.5) is 0 Å². The molecule has 1 aromatic rings. The monoisotopic (exact) mass is 401 g/mol. The van der Waals surface area contributed by atoms with Gasteiger partial charge in [0.15, 0.2) is 6.04 Å². The molecule has 0 radical (unpaired) electrons. The number of carbonyl (C=O) groups excluding carboxylic acids is 2. The Morgan fingerprint density at radius 2 is 1.83 bits per heavy atom. The Kier molecular flexibility index (Phi) is 6.90. The number of rotatable bonds is 6. The molecular weight excluding hydrogens is 370 g/mol. The summed E-state index contributed by atoms with van der Waals surface area (Å²) in [5, 5.41) is 15.7. The fourth-order valence-corrected chi connectivity index (χ4v) is 4.51. The van der Waals surface area contributed by atoms with E-state index in [0.29, 0.717) is 18.5 Å². The fraction of sp³-hybridized carbons (Fsp3) is 0.591. The minimum atomic E-state index is -1.04. The molecule has 1 aliphatic carbocycles. The first-order valence-corrected chi connectivity index (χ1v) is 10.5. The first-order chi connectivity index (χ1) is 13.9. The smallest absolute Gasteiger partial charge is 0.331 e. The molecule has 0 spiro atoms. The number of carbonyl (C=O) groups is 3. The number of amides is 2. The Morgan fingerprint density at radius 1 is 1.14 bits per heavy atom.